The quantitative estimate of drug-likeness (QED) is 0.276. The minimum Gasteiger partial charge on any atom is -0.405 e. The SMILES string of the molecule is COCCN1CCN(Cc2cnc3sc(-c4ccccc4NC(=O)c4cccc(N=C/C=C\N)c4)nc3c2)CC1. The van der Waals surface area contributed by atoms with E-state index in [4.69, 9.17) is 20.4 Å². The molecule has 2 aromatic carbocycles. The van der Waals surface area contributed by atoms with Crippen molar-refractivity contribution >= 4 is 45.2 Å². The summed E-state index contributed by atoms with van der Waals surface area (Å²) in [6, 6.07) is 17.0. The van der Waals surface area contributed by atoms with Gasteiger partial charge in [0.05, 0.1) is 18.0 Å². The Hall–Kier alpha value is -3.96. The molecular weight excluding hydrogens is 522 g/mol. The van der Waals surface area contributed by atoms with Crippen LogP contribution in [-0.2, 0) is 11.3 Å². The number of hydrogen-bond acceptors (Lipinski definition) is 9. The molecule has 3 N–H and O–H groups in total. The average molecular weight is 556 g/mol. The molecular formula is C30H33N7O2S. The van der Waals surface area contributed by atoms with Gasteiger partial charge in [-0.15, -0.1) is 0 Å². The van der Waals surface area contributed by atoms with Gasteiger partial charge >= 0.3 is 0 Å². The number of aliphatic imine (C=N–C) groups is 1. The summed E-state index contributed by atoms with van der Waals surface area (Å²) in [6.45, 7) is 6.75. The molecule has 0 aliphatic carbocycles. The number of nitrogens with two attached hydrogens (primary N) is 1. The van der Waals surface area contributed by atoms with E-state index in [0.717, 1.165) is 72.4 Å². The molecule has 1 amide bonds. The van der Waals surface area contributed by atoms with Gasteiger partial charge in [-0.3, -0.25) is 19.6 Å². The van der Waals surface area contributed by atoms with E-state index in [1.54, 1.807) is 37.6 Å². The molecule has 1 aliphatic rings. The monoisotopic (exact) mass is 555 g/mol. The lowest BCUT2D eigenvalue weighted by Crippen LogP contribution is -2.46. The number of nitrogens with zero attached hydrogens (tertiary/aromatic N) is 5. The molecule has 1 aliphatic heterocycles. The number of piperazine rings is 1. The van der Waals surface area contributed by atoms with Crippen molar-refractivity contribution in [3.05, 3.63) is 84.2 Å². The first-order chi connectivity index (χ1) is 19.6. The number of fused-ring (bicyclic) bond motifs is 1. The van der Waals surface area contributed by atoms with E-state index < -0.39 is 0 Å². The van der Waals surface area contributed by atoms with Gasteiger partial charge in [0.25, 0.3) is 5.91 Å². The molecule has 0 atom stereocenters. The van der Waals surface area contributed by atoms with Crippen molar-refractivity contribution in [2.75, 3.05) is 51.8 Å². The van der Waals surface area contributed by atoms with Crippen LogP contribution in [0.25, 0.3) is 20.9 Å². The lowest BCUT2D eigenvalue weighted by molar-refractivity contribution is 0.0938. The summed E-state index contributed by atoms with van der Waals surface area (Å²) in [5.74, 6) is -0.220. The normalized spacial score (nSPS) is 14.9. The van der Waals surface area contributed by atoms with E-state index in [0.29, 0.717) is 16.9 Å². The second-order valence-corrected chi connectivity index (χ2v) is 10.5. The number of allylic oxidation sites excluding steroid dienone is 1. The highest BCUT2D eigenvalue weighted by atomic mass is 32.1. The van der Waals surface area contributed by atoms with Gasteiger partial charge in [0.15, 0.2) is 0 Å². The van der Waals surface area contributed by atoms with Gasteiger partial charge in [0, 0.05) is 69.9 Å². The summed E-state index contributed by atoms with van der Waals surface area (Å²) in [5, 5.41) is 3.86. The molecule has 40 heavy (non-hydrogen) atoms. The fourth-order valence-electron chi connectivity index (χ4n) is 4.60. The zero-order valence-electron chi connectivity index (χ0n) is 22.5. The standard InChI is InChI=1S/C30H33N7O2S/c1-39-17-16-36-12-14-37(15-13-36)21-22-18-27-30(33-20-22)40-29(35-27)25-8-2-3-9-26(25)34-28(38)23-6-4-7-24(19-23)32-11-5-10-31/h2-11,18-20H,12-17,21,31H2,1H3,(H,34,38)/b10-5-,32-11?. The maximum absolute atomic E-state index is 13.1. The van der Waals surface area contributed by atoms with Crippen molar-refractivity contribution in [1.29, 1.82) is 0 Å². The molecule has 2 aromatic heterocycles. The van der Waals surface area contributed by atoms with Gasteiger partial charge in [-0.1, -0.05) is 29.5 Å². The first kappa shape index (κ1) is 27.6. The minimum absolute atomic E-state index is 0.220. The third-order valence-corrected chi connectivity index (χ3v) is 7.73. The van der Waals surface area contributed by atoms with E-state index in [-0.39, 0.29) is 5.91 Å². The van der Waals surface area contributed by atoms with Crippen LogP contribution in [0.3, 0.4) is 0 Å². The summed E-state index contributed by atoms with van der Waals surface area (Å²) in [4.78, 5) is 32.8. The highest BCUT2D eigenvalue weighted by Gasteiger charge is 2.18. The summed E-state index contributed by atoms with van der Waals surface area (Å²) in [6.07, 6.45) is 6.57. The Bertz CT molecular complexity index is 1510. The molecule has 5 rings (SSSR count). The van der Waals surface area contributed by atoms with E-state index in [1.807, 2.05) is 36.5 Å². The summed E-state index contributed by atoms with van der Waals surface area (Å²) in [7, 11) is 1.75. The molecule has 10 heteroatoms. The number of thiazole rings is 1. The smallest absolute Gasteiger partial charge is 0.255 e. The Morgan fingerprint density at radius 2 is 1.95 bits per heavy atom. The number of aromatic nitrogens is 2. The third kappa shape index (κ3) is 6.97. The number of pyridine rings is 1. The van der Waals surface area contributed by atoms with Crippen LogP contribution in [0.15, 0.2) is 78.1 Å². The minimum atomic E-state index is -0.220. The molecule has 3 heterocycles. The number of ether oxygens (including phenoxy) is 1. The predicted molar refractivity (Wildman–Crippen MR) is 162 cm³/mol. The third-order valence-electron chi connectivity index (χ3n) is 6.72. The first-order valence-corrected chi connectivity index (χ1v) is 14.1. The molecule has 9 nitrogen and oxygen atoms in total. The highest BCUT2D eigenvalue weighted by molar-refractivity contribution is 7.21. The van der Waals surface area contributed by atoms with Gasteiger partial charge in [-0.05, 0) is 54.2 Å². The Morgan fingerprint density at radius 1 is 1.12 bits per heavy atom. The Kier molecular flexibility index (Phi) is 9.25. The van der Waals surface area contributed by atoms with Crippen LogP contribution in [0.5, 0.6) is 0 Å². The number of hydrogen-bond donors (Lipinski definition) is 2. The van der Waals surface area contributed by atoms with Crippen LogP contribution in [0.4, 0.5) is 11.4 Å². The van der Waals surface area contributed by atoms with Crippen LogP contribution < -0.4 is 11.1 Å². The number of carbonyl (C=O) groups is 1. The number of rotatable bonds is 10. The molecule has 0 unspecified atom stereocenters. The molecule has 4 aromatic rings. The Balaban J connectivity index is 1.29. The van der Waals surface area contributed by atoms with E-state index in [9.17, 15) is 4.79 Å². The van der Waals surface area contributed by atoms with Crippen molar-refractivity contribution in [3.8, 4) is 10.6 Å². The first-order valence-electron chi connectivity index (χ1n) is 13.2. The second-order valence-electron chi connectivity index (χ2n) is 9.51. The summed E-state index contributed by atoms with van der Waals surface area (Å²) >= 11 is 1.52. The highest BCUT2D eigenvalue weighted by Crippen LogP contribution is 2.34. The molecule has 0 radical (unpaired) electrons. The average Bonchev–Trinajstić information content (AvgIpc) is 3.41. The Morgan fingerprint density at radius 3 is 2.77 bits per heavy atom. The number of para-hydroxylation sites is 1. The van der Waals surface area contributed by atoms with Gasteiger partial charge in [-0.2, -0.15) is 0 Å². The van der Waals surface area contributed by atoms with Gasteiger partial charge in [0.1, 0.15) is 15.4 Å². The predicted octanol–water partition coefficient (Wildman–Crippen LogP) is 4.55. The van der Waals surface area contributed by atoms with E-state index in [2.05, 4.69) is 26.2 Å². The zero-order valence-corrected chi connectivity index (χ0v) is 23.3. The topological polar surface area (TPSA) is 109 Å². The van der Waals surface area contributed by atoms with Crippen molar-refractivity contribution in [3.63, 3.8) is 0 Å². The van der Waals surface area contributed by atoms with Crippen molar-refractivity contribution in [2.24, 2.45) is 10.7 Å². The molecule has 0 saturated carbocycles. The van der Waals surface area contributed by atoms with Gasteiger partial charge in [-0.25, -0.2) is 9.97 Å². The molecule has 0 spiro atoms. The number of benzene rings is 2. The number of anilines is 1. The summed E-state index contributed by atoms with van der Waals surface area (Å²) < 4.78 is 5.21. The van der Waals surface area contributed by atoms with Gasteiger partial charge < -0.3 is 15.8 Å². The van der Waals surface area contributed by atoms with Crippen LogP contribution in [0, 0.1) is 0 Å². The maximum Gasteiger partial charge on any atom is 0.255 e. The van der Waals surface area contributed by atoms with Crippen LogP contribution in [0.2, 0.25) is 0 Å². The maximum atomic E-state index is 13.1. The fourth-order valence-corrected chi connectivity index (χ4v) is 5.53. The second kappa shape index (κ2) is 13.4. The van der Waals surface area contributed by atoms with Crippen LogP contribution >= 0.6 is 11.3 Å². The Labute approximate surface area is 238 Å². The molecule has 1 saturated heterocycles. The van der Waals surface area contributed by atoms with E-state index >= 15 is 0 Å². The van der Waals surface area contributed by atoms with E-state index in [1.165, 1.54) is 17.5 Å². The molecule has 0 bridgehead atoms. The van der Waals surface area contributed by atoms with Crippen molar-refractivity contribution in [2.45, 2.75) is 6.54 Å². The van der Waals surface area contributed by atoms with Crippen LogP contribution in [0.1, 0.15) is 15.9 Å². The summed E-state index contributed by atoms with van der Waals surface area (Å²) in [5.41, 5.74) is 10.1. The molecule has 206 valence electrons. The van der Waals surface area contributed by atoms with Crippen molar-refractivity contribution < 1.29 is 9.53 Å². The number of carbonyl (C=O) groups excluding carboxylic acids is 1. The largest absolute Gasteiger partial charge is 0.405 e. The lowest BCUT2D eigenvalue weighted by Gasteiger charge is -2.34. The molecule has 1 fully saturated rings. The zero-order chi connectivity index (χ0) is 27.7. The van der Waals surface area contributed by atoms with Crippen LogP contribution in [-0.4, -0.2) is 78.3 Å². The fraction of sp³-hybridized carbons (Fsp3) is 0.267. The number of amides is 1. The lowest BCUT2D eigenvalue weighted by atomic mass is 10.1. The number of methoxy groups -OCH3 is 1. The van der Waals surface area contributed by atoms with Crippen molar-refractivity contribution in [1.82, 2.24) is 19.8 Å². The van der Waals surface area contributed by atoms with Gasteiger partial charge in [0.2, 0.25) is 0 Å². The number of nitrogens with one attached hydrogen (secondary N) is 1.